The first-order valence-electron chi connectivity index (χ1n) is 22.8. The molecule has 0 atom stereocenters. The van der Waals surface area contributed by atoms with Crippen molar-refractivity contribution in [2.75, 3.05) is 9.80 Å². The monoisotopic (exact) mass is 808 g/mol. The lowest BCUT2D eigenvalue weighted by Crippen LogP contribution is -2.61. The molecule has 2 aliphatic heterocycles. The molecule has 2 heterocycles. The molecule has 0 spiro atoms. The van der Waals surface area contributed by atoms with E-state index in [1.165, 1.54) is 106 Å². The Morgan fingerprint density at radius 3 is 1.56 bits per heavy atom. The number of aryl methyl sites for hydroxylation is 2. The summed E-state index contributed by atoms with van der Waals surface area (Å²) >= 11 is 0. The summed E-state index contributed by atoms with van der Waals surface area (Å²) < 4.78 is 0. The average Bonchev–Trinajstić information content (AvgIpc) is 3.41. The van der Waals surface area contributed by atoms with Crippen molar-refractivity contribution >= 4 is 57.2 Å². The normalized spacial score (nSPS) is 15.8. The van der Waals surface area contributed by atoms with Crippen LogP contribution < -0.4 is 26.2 Å². The van der Waals surface area contributed by atoms with Crippen molar-refractivity contribution in [1.29, 1.82) is 0 Å². The van der Waals surface area contributed by atoms with E-state index in [2.05, 4.69) is 232 Å². The lowest BCUT2D eigenvalue weighted by atomic mass is 9.33. The van der Waals surface area contributed by atoms with Gasteiger partial charge in [-0.3, -0.25) is 0 Å². The van der Waals surface area contributed by atoms with Crippen LogP contribution >= 0.6 is 0 Å². The number of fused-ring (bicyclic) bond motifs is 5. The van der Waals surface area contributed by atoms with Gasteiger partial charge in [-0.1, -0.05) is 166 Å². The zero-order valence-electron chi connectivity index (χ0n) is 39.0. The number of anilines is 6. The molecule has 0 saturated heterocycles. The molecule has 62 heavy (non-hydrogen) atoms. The maximum Gasteiger partial charge on any atom is 0.252 e. The summed E-state index contributed by atoms with van der Waals surface area (Å²) in [4.78, 5) is 5.26. The quantitative estimate of drug-likeness (QED) is 0.163. The molecule has 0 saturated carbocycles. The van der Waals surface area contributed by atoms with Crippen LogP contribution in [-0.4, -0.2) is 6.71 Å². The van der Waals surface area contributed by atoms with E-state index in [1.54, 1.807) is 0 Å². The van der Waals surface area contributed by atoms with Crippen LogP contribution in [0.2, 0.25) is 0 Å². The topological polar surface area (TPSA) is 6.48 Å². The van der Waals surface area contributed by atoms with Crippen LogP contribution in [0.4, 0.5) is 34.1 Å². The van der Waals surface area contributed by atoms with E-state index in [0.717, 1.165) is 6.42 Å². The summed E-state index contributed by atoms with van der Waals surface area (Å²) in [6.45, 7) is 28.4. The standard InChI is InChI=1S/C59H61BN2/c1-37-29-53-55-54(30-37)62(50-28-25-43(57(6,7)8)33-44(50)40-21-17-14-18-22-40)51-26-23-41(39-19-15-13-16-20-39)32-47(51)60(55)48-34-45-46(59(11,12)36-58(45,9)10)35-52(48)61(53)49-27-24-42(31-38(49)2)56(3,4)5/h13-35H,36H2,1-12H3. The fourth-order valence-electron chi connectivity index (χ4n) is 11.3. The molecule has 0 N–H and O–H groups in total. The lowest BCUT2D eigenvalue weighted by molar-refractivity contribution is 0.403. The molecular weight excluding hydrogens is 747 g/mol. The summed E-state index contributed by atoms with van der Waals surface area (Å²) in [5.74, 6) is 0. The molecule has 0 bridgehead atoms. The van der Waals surface area contributed by atoms with Gasteiger partial charge in [-0.2, -0.15) is 0 Å². The Morgan fingerprint density at radius 1 is 0.452 bits per heavy atom. The smallest absolute Gasteiger partial charge is 0.252 e. The molecule has 0 radical (unpaired) electrons. The fraction of sp³-hybridized carbons (Fsp3) is 0.288. The maximum atomic E-state index is 2.64. The van der Waals surface area contributed by atoms with Gasteiger partial charge in [0.2, 0.25) is 0 Å². The van der Waals surface area contributed by atoms with E-state index in [9.17, 15) is 0 Å². The van der Waals surface area contributed by atoms with Crippen LogP contribution in [0.25, 0.3) is 22.3 Å². The zero-order valence-corrected chi connectivity index (χ0v) is 39.0. The highest BCUT2D eigenvalue weighted by Crippen LogP contribution is 2.53. The van der Waals surface area contributed by atoms with Crippen molar-refractivity contribution in [3.63, 3.8) is 0 Å². The molecule has 3 aliphatic rings. The molecular formula is C59H61BN2. The maximum absolute atomic E-state index is 2.64. The molecule has 7 aromatic rings. The van der Waals surface area contributed by atoms with Crippen molar-refractivity contribution in [2.45, 2.75) is 111 Å². The molecule has 1 aliphatic carbocycles. The minimum Gasteiger partial charge on any atom is -0.311 e. The second kappa shape index (κ2) is 13.9. The fourth-order valence-corrected chi connectivity index (χ4v) is 11.3. The molecule has 2 nitrogen and oxygen atoms in total. The van der Waals surface area contributed by atoms with Crippen molar-refractivity contribution in [1.82, 2.24) is 0 Å². The van der Waals surface area contributed by atoms with Crippen LogP contribution in [-0.2, 0) is 21.7 Å². The van der Waals surface area contributed by atoms with Gasteiger partial charge in [0.05, 0.1) is 5.69 Å². The van der Waals surface area contributed by atoms with Gasteiger partial charge in [0, 0.05) is 34.0 Å². The minimum absolute atomic E-state index is 0.00669. The first kappa shape index (κ1) is 40.3. The Kier molecular flexibility index (Phi) is 9.00. The summed E-state index contributed by atoms with van der Waals surface area (Å²) in [6, 6.07) is 53.8. The number of nitrogens with zero attached hydrogens (tertiary/aromatic N) is 2. The zero-order chi connectivity index (χ0) is 43.7. The number of hydrogen-bond donors (Lipinski definition) is 0. The Morgan fingerprint density at radius 2 is 0.968 bits per heavy atom. The van der Waals surface area contributed by atoms with E-state index in [4.69, 9.17) is 0 Å². The molecule has 0 fully saturated rings. The van der Waals surface area contributed by atoms with Crippen LogP contribution in [0.5, 0.6) is 0 Å². The Balaban J connectivity index is 1.33. The SMILES string of the molecule is Cc1cc2c3c(c1)N(c1ccc(C(C)(C)C)cc1-c1ccccc1)c1ccc(-c4ccccc4)cc1B3c1cc3c(cc1N2c1ccc(C(C)(C)C)cc1C)C(C)(C)CC3(C)C. The third-order valence-corrected chi connectivity index (χ3v) is 14.3. The number of hydrogen-bond acceptors (Lipinski definition) is 2. The second-order valence-electron chi connectivity index (χ2n) is 22.0. The predicted octanol–water partition coefficient (Wildman–Crippen LogP) is 14.3. The molecule has 0 unspecified atom stereocenters. The van der Waals surface area contributed by atoms with Crippen LogP contribution in [0.3, 0.4) is 0 Å². The van der Waals surface area contributed by atoms with Crippen LogP contribution in [0.1, 0.15) is 109 Å². The third-order valence-electron chi connectivity index (χ3n) is 14.3. The van der Waals surface area contributed by atoms with Gasteiger partial charge < -0.3 is 9.80 Å². The number of rotatable bonds is 4. The van der Waals surface area contributed by atoms with Crippen molar-refractivity contribution in [3.8, 4) is 22.3 Å². The highest BCUT2D eigenvalue weighted by molar-refractivity contribution is 7.00. The van der Waals surface area contributed by atoms with E-state index in [1.807, 2.05) is 0 Å². The second-order valence-corrected chi connectivity index (χ2v) is 22.0. The van der Waals surface area contributed by atoms with Gasteiger partial charge in [-0.05, 0) is 151 Å². The highest BCUT2D eigenvalue weighted by Gasteiger charge is 2.48. The molecule has 10 rings (SSSR count). The number of benzene rings is 7. The molecule has 310 valence electrons. The highest BCUT2D eigenvalue weighted by atomic mass is 15.2. The predicted molar refractivity (Wildman–Crippen MR) is 269 cm³/mol. The van der Waals surface area contributed by atoms with Crippen molar-refractivity contribution < 1.29 is 0 Å². The lowest BCUT2D eigenvalue weighted by Gasteiger charge is -2.45. The van der Waals surface area contributed by atoms with E-state index in [-0.39, 0.29) is 28.4 Å². The summed E-state index contributed by atoms with van der Waals surface area (Å²) in [6.07, 6.45) is 1.12. The average molecular weight is 809 g/mol. The van der Waals surface area contributed by atoms with Crippen LogP contribution in [0, 0.1) is 13.8 Å². The van der Waals surface area contributed by atoms with Gasteiger partial charge >= 0.3 is 0 Å². The van der Waals surface area contributed by atoms with Crippen molar-refractivity contribution in [3.05, 3.63) is 173 Å². The van der Waals surface area contributed by atoms with E-state index < -0.39 is 0 Å². The Bertz CT molecular complexity index is 2920. The van der Waals surface area contributed by atoms with Gasteiger partial charge in [0.15, 0.2) is 0 Å². The van der Waals surface area contributed by atoms with Crippen molar-refractivity contribution in [2.24, 2.45) is 0 Å². The summed E-state index contributed by atoms with van der Waals surface area (Å²) in [7, 11) is 0. The minimum atomic E-state index is -0.00669. The Labute approximate surface area is 371 Å². The van der Waals surface area contributed by atoms with Gasteiger partial charge in [0.25, 0.3) is 6.71 Å². The largest absolute Gasteiger partial charge is 0.311 e. The van der Waals surface area contributed by atoms with E-state index in [0.29, 0.717) is 0 Å². The summed E-state index contributed by atoms with van der Waals surface area (Å²) in [5.41, 5.74) is 24.9. The van der Waals surface area contributed by atoms with Gasteiger partial charge in [-0.25, -0.2) is 0 Å². The third kappa shape index (κ3) is 6.37. The van der Waals surface area contributed by atoms with Gasteiger partial charge in [0.1, 0.15) is 0 Å². The first-order chi connectivity index (χ1) is 29.3. The molecule has 7 aromatic carbocycles. The molecule has 3 heteroatoms. The van der Waals surface area contributed by atoms with Crippen LogP contribution in [0.15, 0.2) is 140 Å². The molecule has 0 aromatic heterocycles. The molecule has 0 amide bonds. The Hall–Kier alpha value is -5.80. The van der Waals surface area contributed by atoms with E-state index >= 15 is 0 Å². The first-order valence-corrected chi connectivity index (χ1v) is 22.8. The van der Waals surface area contributed by atoms with Gasteiger partial charge in [-0.15, -0.1) is 0 Å². The summed E-state index contributed by atoms with van der Waals surface area (Å²) in [5, 5.41) is 0.